The molecule has 0 radical (unpaired) electrons. The van der Waals surface area contributed by atoms with Crippen LogP contribution in [-0.2, 0) is 0 Å². The lowest BCUT2D eigenvalue weighted by molar-refractivity contribution is 0.473. The fraction of sp³-hybridized carbons (Fsp3) is 0.294. The Morgan fingerprint density at radius 3 is 2.00 bits per heavy atom. The zero-order valence-corrected chi connectivity index (χ0v) is 11.7. The number of benzene rings is 2. The Morgan fingerprint density at radius 1 is 0.842 bits per heavy atom. The maximum Gasteiger partial charge on any atom is 0.127 e. The molecule has 19 heavy (non-hydrogen) atoms. The van der Waals surface area contributed by atoms with Crippen LogP contribution in [0.2, 0.25) is 0 Å². The highest BCUT2D eigenvalue weighted by atomic mass is 19.1. The van der Waals surface area contributed by atoms with E-state index in [4.69, 9.17) is 0 Å². The van der Waals surface area contributed by atoms with E-state index in [9.17, 15) is 4.39 Å². The Kier molecular flexibility index (Phi) is 4.33. The molecule has 0 bridgehead atoms. The molecule has 2 aromatic carbocycles. The summed E-state index contributed by atoms with van der Waals surface area (Å²) in [6.45, 7) is 6.20. The van der Waals surface area contributed by atoms with Crippen molar-refractivity contribution in [2.45, 2.75) is 32.9 Å². The summed E-state index contributed by atoms with van der Waals surface area (Å²) in [6, 6.07) is 15.4. The van der Waals surface area contributed by atoms with E-state index in [1.54, 1.807) is 6.07 Å². The highest BCUT2D eigenvalue weighted by molar-refractivity contribution is 5.29. The van der Waals surface area contributed by atoms with Gasteiger partial charge in [-0.05, 0) is 38.0 Å². The smallest absolute Gasteiger partial charge is 0.127 e. The largest absolute Gasteiger partial charge is 0.304 e. The zero-order valence-electron chi connectivity index (χ0n) is 11.7. The first kappa shape index (κ1) is 13.8. The number of rotatable bonds is 4. The highest BCUT2D eigenvalue weighted by Gasteiger charge is 2.14. The molecule has 0 aliphatic heterocycles. The van der Waals surface area contributed by atoms with E-state index in [0.29, 0.717) is 5.56 Å². The molecule has 0 saturated heterocycles. The van der Waals surface area contributed by atoms with E-state index in [1.807, 2.05) is 31.2 Å². The lowest BCUT2D eigenvalue weighted by atomic mass is 10.0. The molecule has 0 aliphatic rings. The summed E-state index contributed by atoms with van der Waals surface area (Å²) < 4.78 is 13.7. The third-order valence-corrected chi connectivity index (χ3v) is 3.53. The third-order valence-electron chi connectivity index (χ3n) is 3.53. The van der Waals surface area contributed by atoms with Gasteiger partial charge in [0.15, 0.2) is 0 Å². The van der Waals surface area contributed by atoms with E-state index >= 15 is 0 Å². The standard InChI is InChI=1S/C17H20FN/c1-12-8-4-5-9-15(12)13(2)19-14(3)16-10-6-7-11-17(16)18/h4-11,13-14,19H,1-3H3/t13-,14?/m0/s1. The number of aryl methyl sites for hydroxylation is 1. The van der Waals surface area contributed by atoms with Crippen molar-refractivity contribution in [2.24, 2.45) is 0 Å². The van der Waals surface area contributed by atoms with Crippen LogP contribution in [0, 0.1) is 12.7 Å². The van der Waals surface area contributed by atoms with E-state index in [1.165, 1.54) is 17.2 Å². The minimum atomic E-state index is -0.153. The molecular weight excluding hydrogens is 237 g/mol. The van der Waals surface area contributed by atoms with Crippen molar-refractivity contribution in [3.8, 4) is 0 Å². The first-order valence-corrected chi connectivity index (χ1v) is 6.65. The number of hydrogen-bond donors (Lipinski definition) is 1. The highest BCUT2D eigenvalue weighted by Crippen LogP contribution is 2.23. The maximum absolute atomic E-state index is 13.7. The predicted molar refractivity (Wildman–Crippen MR) is 77.5 cm³/mol. The summed E-state index contributed by atoms with van der Waals surface area (Å²) in [6.07, 6.45) is 0. The van der Waals surface area contributed by atoms with Crippen molar-refractivity contribution in [1.29, 1.82) is 0 Å². The zero-order chi connectivity index (χ0) is 13.8. The molecule has 0 heterocycles. The van der Waals surface area contributed by atoms with Gasteiger partial charge in [-0.2, -0.15) is 0 Å². The molecular formula is C17H20FN. The van der Waals surface area contributed by atoms with Crippen LogP contribution < -0.4 is 5.32 Å². The van der Waals surface area contributed by atoms with Gasteiger partial charge in [-0.25, -0.2) is 4.39 Å². The normalized spacial score (nSPS) is 14.1. The SMILES string of the molecule is Cc1ccccc1[C@H](C)NC(C)c1ccccc1F. The first-order chi connectivity index (χ1) is 9.09. The molecule has 1 N–H and O–H groups in total. The van der Waals surface area contributed by atoms with Crippen molar-refractivity contribution < 1.29 is 4.39 Å². The van der Waals surface area contributed by atoms with Crippen LogP contribution in [0.1, 0.15) is 42.6 Å². The lowest BCUT2D eigenvalue weighted by Gasteiger charge is -2.22. The lowest BCUT2D eigenvalue weighted by Crippen LogP contribution is -2.23. The van der Waals surface area contributed by atoms with E-state index in [2.05, 4.69) is 31.3 Å². The predicted octanol–water partition coefficient (Wildman–Crippen LogP) is 4.55. The molecule has 1 unspecified atom stereocenters. The van der Waals surface area contributed by atoms with Crippen LogP contribution in [0.25, 0.3) is 0 Å². The van der Waals surface area contributed by atoms with Crippen LogP contribution in [0.5, 0.6) is 0 Å². The number of nitrogens with one attached hydrogen (secondary N) is 1. The van der Waals surface area contributed by atoms with Crippen LogP contribution in [0.4, 0.5) is 4.39 Å². The topological polar surface area (TPSA) is 12.0 Å². The van der Waals surface area contributed by atoms with Gasteiger partial charge in [0.05, 0.1) is 0 Å². The van der Waals surface area contributed by atoms with Gasteiger partial charge < -0.3 is 5.32 Å². The van der Waals surface area contributed by atoms with Crippen molar-refractivity contribution in [3.63, 3.8) is 0 Å². The Labute approximate surface area is 114 Å². The van der Waals surface area contributed by atoms with Crippen molar-refractivity contribution in [1.82, 2.24) is 5.32 Å². The van der Waals surface area contributed by atoms with Crippen LogP contribution >= 0.6 is 0 Å². The van der Waals surface area contributed by atoms with Crippen LogP contribution in [0.3, 0.4) is 0 Å². The molecule has 0 aliphatic carbocycles. The Hall–Kier alpha value is -1.67. The van der Waals surface area contributed by atoms with E-state index < -0.39 is 0 Å². The maximum atomic E-state index is 13.7. The average Bonchev–Trinajstić information content (AvgIpc) is 2.39. The van der Waals surface area contributed by atoms with Gasteiger partial charge in [0, 0.05) is 17.6 Å². The minimum absolute atomic E-state index is 0.0178. The summed E-state index contributed by atoms with van der Waals surface area (Å²) in [5.74, 6) is -0.153. The molecule has 100 valence electrons. The van der Waals surface area contributed by atoms with Crippen LogP contribution in [0.15, 0.2) is 48.5 Å². The van der Waals surface area contributed by atoms with E-state index in [-0.39, 0.29) is 17.9 Å². The quantitative estimate of drug-likeness (QED) is 0.847. The third kappa shape index (κ3) is 3.21. The Balaban J connectivity index is 2.13. The van der Waals surface area contributed by atoms with Gasteiger partial charge in [-0.3, -0.25) is 0 Å². The van der Waals surface area contributed by atoms with Crippen molar-refractivity contribution >= 4 is 0 Å². The molecule has 0 spiro atoms. The van der Waals surface area contributed by atoms with Crippen LogP contribution in [-0.4, -0.2) is 0 Å². The molecule has 2 rings (SSSR count). The van der Waals surface area contributed by atoms with Gasteiger partial charge >= 0.3 is 0 Å². The summed E-state index contributed by atoms with van der Waals surface area (Å²) in [4.78, 5) is 0. The number of halogens is 1. The molecule has 2 atom stereocenters. The second kappa shape index (κ2) is 5.98. The summed E-state index contributed by atoms with van der Waals surface area (Å²) in [5, 5.41) is 3.45. The summed E-state index contributed by atoms with van der Waals surface area (Å²) in [7, 11) is 0. The molecule has 1 nitrogen and oxygen atoms in total. The van der Waals surface area contributed by atoms with Gasteiger partial charge in [0.1, 0.15) is 5.82 Å². The van der Waals surface area contributed by atoms with Crippen molar-refractivity contribution in [3.05, 3.63) is 71.0 Å². The van der Waals surface area contributed by atoms with Gasteiger partial charge in [-0.1, -0.05) is 42.5 Å². The van der Waals surface area contributed by atoms with Crippen molar-refractivity contribution in [2.75, 3.05) is 0 Å². The molecule has 0 aromatic heterocycles. The first-order valence-electron chi connectivity index (χ1n) is 6.65. The average molecular weight is 257 g/mol. The molecule has 2 heteroatoms. The molecule has 0 saturated carbocycles. The molecule has 0 amide bonds. The van der Waals surface area contributed by atoms with Gasteiger partial charge in [0.25, 0.3) is 0 Å². The fourth-order valence-electron chi connectivity index (χ4n) is 2.45. The summed E-state index contributed by atoms with van der Waals surface area (Å²) in [5.41, 5.74) is 3.22. The molecule has 2 aromatic rings. The van der Waals surface area contributed by atoms with Gasteiger partial charge in [0.2, 0.25) is 0 Å². The second-order valence-electron chi connectivity index (χ2n) is 4.99. The minimum Gasteiger partial charge on any atom is -0.304 e. The van der Waals surface area contributed by atoms with E-state index in [0.717, 1.165) is 0 Å². The Bertz CT molecular complexity index is 501. The monoisotopic (exact) mass is 257 g/mol. The van der Waals surface area contributed by atoms with Gasteiger partial charge in [-0.15, -0.1) is 0 Å². The summed E-state index contributed by atoms with van der Waals surface area (Å²) >= 11 is 0. The second-order valence-corrected chi connectivity index (χ2v) is 4.99. The fourth-order valence-corrected chi connectivity index (χ4v) is 2.45. The molecule has 0 fully saturated rings. The number of hydrogen-bond acceptors (Lipinski definition) is 1. The Morgan fingerprint density at radius 2 is 1.37 bits per heavy atom.